The number of hydrazone groups is 1. The van der Waals surface area contributed by atoms with Crippen LogP contribution in [0.2, 0.25) is 0 Å². The number of benzene rings is 1. The fourth-order valence-electron chi connectivity index (χ4n) is 5.15. The van der Waals surface area contributed by atoms with E-state index in [0.29, 0.717) is 19.4 Å². The van der Waals surface area contributed by atoms with Gasteiger partial charge in [-0.15, -0.1) is 0 Å². The molecule has 0 amide bonds. The van der Waals surface area contributed by atoms with Crippen LogP contribution in [0.25, 0.3) is 0 Å². The zero-order valence-electron chi connectivity index (χ0n) is 21.5. The number of aromatic nitrogens is 2. The summed E-state index contributed by atoms with van der Waals surface area (Å²) in [6.45, 7) is 4.58. The summed E-state index contributed by atoms with van der Waals surface area (Å²) in [5.74, 6) is 0.285. The normalized spacial score (nSPS) is 24.2. The van der Waals surface area contributed by atoms with Crippen LogP contribution in [0.3, 0.4) is 0 Å². The Balaban J connectivity index is 1.72. The summed E-state index contributed by atoms with van der Waals surface area (Å²) in [4.78, 5) is 10.8. The number of hydrogen-bond donors (Lipinski definition) is 1. The minimum absolute atomic E-state index is 0.00753. The molecular weight excluding hydrogens is 510 g/mol. The molecule has 2 aliphatic heterocycles. The number of nitrogens with zero attached hydrogens (tertiary/aromatic N) is 5. The minimum Gasteiger partial charge on any atom is -0.333 e. The van der Waals surface area contributed by atoms with Crippen molar-refractivity contribution in [3.8, 4) is 0 Å². The van der Waals surface area contributed by atoms with Crippen LogP contribution in [0.1, 0.15) is 67.7 Å². The number of hydrogen-bond acceptors (Lipinski definition) is 6. The Morgan fingerprint density at radius 1 is 0.921 bits per heavy atom. The Morgan fingerprint density at radius 3 is 1.92 bits per heavy atom. The molecule has 3 heterocycles. The van der Waals surface area contributed by atoms with E-state index in [1.807, 2.05) is 20.9 Å². The first-order valence-electron chi connectivity index (χ1n) is 12.8. The van der Waals surface area contributed by atoms with Gasteiger partial charge in [-0.3, -0.25) is 5.01 Å². The Kier molecular flexibility index (Phi) is 8.20. The monoisotopic (exact) mass is 542 g/mol. The summed E-state index contributed by atoms with van der Waals surface area (Å²) < 4.78 is 81.2. The molecule has 0 saturated carbocycles. The number of anilines is 1. The van der Waals surface area contributed by atoms with Crippen molar-refractivity contribution in [2.75, 3.05) is 18.5 Å². The van der Waals surface area contributed by atoms with Crippen molar-refractivity contribution in [3.63, 3.8) is 0 Å². The minimum atomic E-state index is -4.91. The third-order valence-electron chi connectivity index (χ3n) is 7.26. The molecule has 0 bridgehead atoms. The molecule has 0 aliphatic carbocycles. The van der Waals surface area contributed by atoms with Gasteiger partial charge in [0, 0.05) is 62.8 Å². The Hall–Kier alpha value is -2.89. The summed E-state index contributed by atoms with van der Waals surface area (Å²) in [6.07, 6.45) is -1.68. The van der Waals surface area contributed by atoms with Crippen LogP contribution < -0.4 is 10.2 Å². The van der Waals surface area contributed by atoms with E-state index in [1.54, 1.807) is 28.5 Å². The molecule has 2 aliphatic rings. The molecule has 1 aromatic carbocycles. The van der Waals surface area contributed by atoms with Gasteiger partial charge in [0.25, 0.3) is 0 Å². The van der Waals surface area contributed by atoms with E-state index in [9.17, 15) is 26.3 Å². The number of nitrogens with one attached hydrogen (secondary N) is 1. The van der Waals surface area contributed by atoms with Gasteiger partial charge < -0.3 is 10.2 Å². The maximum Gasteiger partial charge on any atom is 0.416 e. The molecule has 2 unspecified atom stereocenters. The van der Waals surface area contributed by atoms with Crippen molar-refractivity contribution < 1.29 is 26.3 Å². The van der Waals surface area contributed by atoms with E-state index in [-0.39, 0.29) is 48.2 Å². The lowest BCUT2D eigenvalue weighted by molar-refractivity contribution is -0.143. The van der Waals surface area contributed by atoms with E-state index >= 15 is 0 Å². The first kappa shape index (κ1) is 28.1. The molecule has 1 N–H and O–H groups in total. The smallest absolute Gasteiger partial charge is 0.333 e. The zero-order chi connectivity index (χ0) is 27.7. The Morgan fingerprint density at radius 2 is 1.47 bits per heavy atom. The van der Waals surface area contributed by atoms with Crippen LogP contribution in [0.15, 0.2) is 35.7 Å². The van der Waals surface area contributed by atoms with Gasteiger partial charge in [-0.05, 0) is 55.0 Å². The van der Waals surface area contributed by atoms with E-state index in [4.69, 9.17) is 0 Å². The third kappa shape index (κ3) is 6.57. The lowest BCUT2D eigenvalue weighted by Gasteiger charge is -2.41. The van der Waals surface area contributed by atoms with Crippen molar-refractivity contribution in [2.45, 2.75) is 82.5 Å². The van der Waals surface area contributed by atoms with Crippen molar-refractivity contribution in [1.29, 1.82) is 0 Å². The second-order valence-electron chi connectivity index (χ2n) is 10.1. The van der Waals surface area contributed by atoms with Crippen LogP contribution in [-0.2, 0) is 18.9 Å². The first-order chi connectivity index (χ1) is 17.9. The van der Waals surface area contributed by atoms with Gasteiger partial charge in [0.2, 0.25) is 5.95 Å². The number of likely N-dealkylation sites (N-methyl/N-ethyl adjacent to an activating group) is 1. The van der Waals surface area contributed by atoms with E-state index < -0.39 is 23.5 Å². The second-order valence-corrected chi connectivity index (χ2v) is 10.1. The third-order valence-corrected chi connectivity index (χ3v) is 7.26. The van der Waals surface area contributed by atoms with Crippen LogP contribution in [-0.4, -0.2) is 52.9 Å². The molecule has 208 valence electrons. The largest absolute Gasteiger partial charge is 0.416 e. The molecule has 0 spiro atoms. The summed E-state index contributed by atoms with van der Waals surface area (Å²) in [7, 11) is 1.85. The maximum atomic E-state index is 13.5. The van der Waals surface area contributed by atoms with Gasteiger partial charge in [-0.1, -0.05) is 13.8 Å². The molecule has 2 aromatic rings. The number of piperidine rings is 1. The van der Waals surface area contributed by atoms with Crippen molar-refractivity contribution in [1.82, 2.24) is 20.3 Å². The van der Waals surface area contributed by atoms with Crippen LogP contribution in [0.4, 0.5) is 32.3 Å². The molecule has 1 saturated heterocycles. The molecule has 0 radical (unpaired) electrons. The summed E-state index contributed by atoms with van der Waals surface area (Å²) in [5, 5.41) is 9.59. The SMILES string of the molecule is CC[C@@H]1CC(N(Cc2cc(C(F)(F)F)cc(C(F)(F)F)c2)c2ncc(C3C=NN(C)C3)cn2)C[C@H](CC)N1. The molecule has 4 atom stereocenters. The van der Waals surface area contributed by atoms with Crippen molar-refractivity contribution in [2.24, 2.45) is 5.10 Å². The highest BCUT2D eigenvalue weighted by atomic mass is 19.4. The molecule has 6 nitrogen and oxygen atoms in total. The summed E-state index contributed by atoms with van der Waals surface area (Å²) >= 11 is 0. The van der Waals surface area contributed by atoms with E-state index in [1.165, 1.54) is 0 Å². The maximum absolute atomic E-state index is 13.5. The van der Waals surface area contributed by atoms with Crippen molar-refractivity contribution in [3.05, 3.63) is 52.8 Å². The van der Waals surface area contributed by atoms with Crippen LogP contribution in [0, 0.1) is 0 Å². The molecule has 12 heteroatoms. The highest BCUT2D eigenvalue weighted by Gasteiger charge is 2.38. The topological polar surface area (TPSA) is 56.7 Å². The van der Waals surface area contributed by atoms with Gasteiger partial charge in [-0.2, -0.15) is 31.4 Å². The van der Waals surface area contributed by atoms with Gasteiger partial charge in [0.1, 0.15) is 0 Å². The standard InChI is InChI=1S/C26H32F6N6/c1-4-21-9-23(10-22(5-2)36-21)38(24-33-11-17(12-34-24)18-13-35-37(3)15-18)14-16-6-19(25(27,28)29)8-20(7-16)26(30,31)32/h6-8,11-13,18,21-23,36H,4-5,9-10,14-15H2,1-3H3/t18?,21-,22+,23?. The fourth-order valence-corrected chi connectivity index (χ4v) is 5.15. The van der Waals surface area contributed by atoms with E-state index in [0.717, 1.165) is 30.5 Å². The van der Waals surface area contributed by atoms with Gasteiger partial charge >= 0.3 is 12.4 Å². The predicted octanol–water partition coefficient (Wildman–Crippen LogP) is 5.84. The average molecular weight is 543 g/mol. The highest BCUT2D eigenvalue weighted by molar-refractivity contribution is 5.69. The summed E-state index contributed by atoms with van der Waals surface area (Å²) in [5.41, 5.74) is -1.91. The molecule has 4 rings (SSSR count). The number of rotatable bonds is 7. The average Bonchev–Trinajstić information content (AvgIpc) is 3.32. The first-order valence-corrected chi connectivity index (χ1v) is 12.8. The van der Waals surface area contributed by atoms with Crippen LogP contribution >= 0.6 is 0 Å². The second kappa shape index (κ2) is 11.1. The lowest BCUT2D eigenvalue weighted by atomic mass is 9.89. The van der Waals surface area contributed by atoms with Crippen molar-refractivity contribution >= 4 is 12.2 Å². The molecule has 1 fully saturated rings. The van der Waals surface area contributed by atoms with Gasteiger partial charge in [0.05, 0.1) is 11.1 Å². The lowest BCUT2D eigenvalue weighted by Crippen LogP contribution is -2.52. The molecular formula is C26H32F6N6. The zero-order valence-corrected chi connectivity index (χ0v) is 21.5. The number of alkyl halides is 6. The Labute approximate surface area is 218 Å². The molecule has 38 heavy (non-hydrogen) atoms. The van der Waals surface area contributed by atoms with E-state index in [2.05, 4.69) is 20.4 Å². The van der Waals surface area contributed by atoms with Gasteiger partial charge in [0.15, 0.2) is 0 Å². The Bertz CT molecular complexity index is 1070. The van der Waals surface area contributed by atoms with Gasteiger partial charge in [-0.25, -0.2) is 9.97 Å². The molecule has 1 aromatic heterocycles. The van der Waals surface area contributed by atoms with Crippen LogP contribution in [0.5, 0.6) is 0 Å². The fraction of sp³-hybridized carbons (Fsp3) is 0.577. The summed E-state index contributed by atoms with van der Waals surface area (Å²) in [6, 6.07) is 1.90. The predicted molar refractivity (Wildman–Crippen MR) is 133 cm³/mol. The number of halogens is 6. The quantitative estimate of drug-likeness (QED) is 0.446. The highest BCUT2D eigenvalue weighted by Crippen LogP contribution is 2.37.